The number of thiazole rings is 1. The lowest BCUT2D eigenvalue weighted by atomic mass is 10.2. The van der Waals surface area contributed by atoms with Crippen LogP contribution in [0.4, 0.5) is 9.52 Å². The van der Waals surface area contributed by atoms with E-state index in [-0.39, 0.29) is 11.4 Å². The molecule has 1 amide bonds. The van der Waals surface area contributed by atoms with E-state index in [1.165, 1.54) is 16.2 Å². The van der Waals surface area contributed by atoms with Crippen LogP contribution in [0.3, 0.4) is 0 Å². The van der Waals surface area contributed by atoms with Crippen molar-refractivity contribution in [3.8, 4) is 5.75 Å². The van der Waals surface area contributed by atoms with Crippen LogP contribution >= 0.6 is 11.3 Å². The molecule has 0 fully saturated rings. The molecule has 170 valence electrons. The Morgan fingerprint density at radius 1 is 1.06 bits per heavy atom. The minimum absolute atomic E-state index is 0.109. The first-order valence-corrected chi connectivity index (χ1v) is 12.7. The lowest BCUT2D eigenvalue weighted by Gasteiger charge is -2.20. The highest BCUT2D eigenvalue weighted by Gasteiger charge is 2.27. The molecular weight excluding hydrogens is 463 g/mol. The van der Waals surface area contributed by atoms with Gasteiger partial charge in [-0.25, -0.2) is 17.8 Å². The van der Waals surface area contributed by atoms with Crippen LogP contribution < -0.4 is 9.64 Å². The summed E-state index contributed by atoms with van der Waals surface area (Å²) in [5.41, 5.74) is 1.52. The van der Waals surface area contributed by atoms with Crippen molar-refractivity contribution >= 4 is 42.4 Å². The first-order valence-electron chi connectivity index (χ1n) is 10.2. The molecule has 3 aromatic carbocycles. The maximum atomic E-state index is 13.3. The largest absolute Gasteiger partial charge is 0.494 e. The minimum atomic E-state index is -3.97. The molecule has 0 radical (unpaired) electrons. The maximum absolute atomic E-state index is 13.3. The van der Waals surface area contributed by atoms with Crippen LogP contribution in [0.25, 0.3) is 10.2 Å². The standard InChI is InChI=1S/C24H21FN2O4S2/c1-2-31-19-10-13-21-22(14-19)32-24(26-21)27(15-17-6-4-3-5-7-17)23(28)16-33(29,30)20-11-8-18(25)9-12-20/h3-14H,2,15-16H2,1H3. The molecular formula is C24H21FN2O4S2. The fourth-order valence-electron chi connectivity index (χ4n) is 3.26. The zero-order valence-corrected chi connectivity index (χ0v) is 19.4. The average molecular weight is 485 g/mol. The number of benzene rings is 3. The van der Waals surface area contributed by atoms with Gasteiger partial charge in [0.25, 0.3) is 0 Å². The van der Waals surface area contributed by atoms with Crippen LogP contribution in [0.15, 0.2) is 77.7 Å². The second kappa shape index (κ2) is 9.68. The summed E-state index contributed by atoms with van der Waals surface area (Å²) in [7, 11) is -3.97. The molecule has 1 aromatic heterocycles. The van der Waals surface area contributed by atoms with Crippen molar-refractivity contribution in [2.75, 3.05) is 17.3 Å². The van der Waals surface area contributed by atoms with Crippen molar-refractivity contribution in [2.45, 2.75) is 18.4 Å². The van der Waals surface area contributed by atoms with Crippen LogP contribution in [0.1, 0.15) is 12.5 Å². The SMILES string of the molecule is CCOc1ccc2nc(N(Cc3ccccc3)C(=O)CS(=O)(=O)c3ccc(F)cc3)sc2c1. The summed E-state index contributed by atoms with van der Waals surface area (Å²) in [5, 5.41) is 0.391. The van der Waals surface area contributed by atoms with Gasteiger partial charge in [-0.05, 0) is 55.0 Å². The molecule has 0 N–H and O–H groups in total. The van der Waals surface area contributed by atoms with E-state index in [4.69, 9.17) is 4.74 Å². The highest BCUT2D eigenvalue weighted by atomic mass is 32.2. The molecule has 0 bridgehead atoms. The third-order valence-corrected chi connectivity index (χ3v) is 7.52. The van der Waals surface area contributed by atoms with Gasteiger partial charge in [-0.1, -0.05) is 41.7 Å². The number of anilines is 1. The number of sulfone groups is 1. The van der Waals surface area contributed by atoms with Crippen LogP contribution in [-0.4, -0.2) is 31.7 Å². The Hall–Kier alpha value is -3.30. The van der Waals surface area contributed by atoms with Crippen molar-refractivity contribution in [1.82, 2.24) is 4.98 Å². The zero-order valence-electron chi connectivity index (χ0n) is 17.8. The van der Waals surface area contributed by atoms with Gasteiger partial charge in [0.15, 0.2) is 15.0 Å². The summed E-state index contributed by atoms with van der Waals surface area (Å²) >= 11 is 1.29. The molecule has 0 saturated heterocycles. The third kappa shape index (κ3) is 5.37. The number of hydrogen-bond acceptors (Lipinski definition) is 6. The highest BCUT2D eigenvalue weighted by Crippen LogP contribution is 2.32. The van der Waals surface area contributed by atoms with Crippen LogP contribution in [0.2, 0.25) is 0 Å². The molecule has 1 heterocycles. The third-order valence-electron chi connectivity index (χ3n) is 4.86. The maximum Gasteiger partial charge on any atom is 0.244 e. The molecule has 9 heteroatoms. The molecule has 0 unspecified atom stereocenters. The second-order valence-corrected chi connectivity index (χ2v) is 10.2. The number of rotatable bonds is 8. The lowest BCUT2D eigenvalue weighted by molar-refractivity contribution is -0.116. The van der Waals surface area contributed by atoms with Crippen molar-refractivity contribution in [3.63, 3.8) is 0 Å². The summed E-state index contributed by atoms with van der Waals surface area (Å²) in [6.07, 6.45) is 0. The number of hydrogen-bond donors (Lipinski definition) is 0. The smallest absolute Gasteiger partial charge is 0.244 e. The monoisotopic (exact) mass is 484 g/mol. The molecule has 0 aliphatic carbocycles. The Kier molecular flexibility index (Phi) is 6.71. The second-order valence-electron chi connectivity index (χ2n) is 7.24. The first kappa shape index (κ1) is 22.9. The number of halogens is 1. The van der Waals surface area contributed by atoms with E-state index in [1.54, 1.807) is 12.1 Å². The van der Waals surface area contributed by atoms with E-state index < -0.39 is 27.3 Å². The van der Waals surface area contributed by atoms with Crippen molar-refractivity contribution in [3.05, 3.63) is 84.2 Å². The van der Waals surface area contributed by atoms with Crippen molar-refractivity contribution in [1.29, 1.82) is 0 Å². The molecule has 0 spiro atoms. The zero-order chi connectivity index (χ0) is 23.4. The van der Waals surface area contributed by atoms with E-state index in [2.05, 4.69) is 4.98 Å². The van der Waals surface area contributed by atoms with Crippen molar-refractivity contribution in [2.24, 2.45) is 0 Å². The van der Waals surface area contributed by atoms with Gasteiger partial charge in [-0.15, -0.1) is 0 Å². The van der Waals surface area contributed by atoms with E-state index in [0.717, 1.165) is 34.5 Å². The number of nitrogens with zero attached hydrogens (tertiary/aromatic N) is 2. The molecule has 4 rings (SSSR count). The van der Waals surface area contributed by atoms with Gasteiger partial charge in [0.1, 0.15) is 17.3 Å². The molecule has 0 aliphatic rings. The number of carbonyl (C=O) groups is 1. The molecule has 4 aromatic rings. The number of amides is 1. The fourth-order valence-corrected chi connectivity index (χ4v) is 5.47. The van der Waals surface area contributed by atoms with Gasteiger partial charge < -0.3 is 4.74 Å². The quantitative estimate of drug-likeness (QED) is 0.335. The van der Waals surface area contributed by atoms with Gasteiger partial charge >= 0.3 is 0 Å². The van der Waals surface area contributed by atoms with E-state index in [9.17, 15) is 17.6 Å². The number of ether oxygens (including phenoxy) is 1. The Morgan fingerprint density at radius 3 is 2.48 bits per heavy atom. The Labute approximate surface area is 195 Å². The average Bonchev–Trinajstić information content (AvgIpc) is 3.21. The first-order chi connectivity index (χ1) is 15.9. The summed E-state index contributed by atoms with van der Waals surface area (Å²) in [5.74, 6) is -1.23. The number of aromatic nitrogens is 1. The van der Waals surface area contributed by atoms with Gasteiger partial charge in [-0.2, -0.15) is 0 Å². The number of carbonyl (C=O) groups excluding carboxylic acids is 1. The van der Waals surface area contributed by atoms with Gasteiger partial charge in [0.2, 0.25) is 5.91 Å². The van der Waals surface area contributed by atoms with Gasteiger partial charge in [-0.3, -0.25) is 9.69 Å². The van der Waals surface area contributed by atoms with E-state index >= 15 is 0 Å². The Bertz CT molecular complexity index is 1370. The minimum Gasteiger partial charge on any atom is -0.494 e. The van der Waals surface area contributed by atoms with Gasteiger partial charge in [0.05, 0.1) is 28.3 Å². The summed E-state index contributed by atoms with van der Waals surface area (Å²) < 4.78 is 45.2. The van der Waals surface area contributed by atoms with Crippen LogP contribution in [0, 0.1) is 5.82 Å². The summed E-state index contributed by atoms with van der Waals surface area (Å²) in [6, 6.07) is 19.2. The van der Waals surface area contributed by atoms with E-state index in [1.807, 2.05) is 43.3 Å². The van der Waals surface area contributed by atoms with Crippen molar-refractivity contribution < 1.29 is 22.3 Å². The highest BCUT2D eigenvalue weighted by molar-refractivity contribution is 7.92. The molecule has 0 saturated carbocycles. The summed E-state index contributed by atoms with van der Waals surface area (Å²) in [4.78, 5) is 19.1. The molecule has 6 nitrogen and oxygen atoms in total. The predicted molar refractivity (Wildman–Crippen MR) is 127 cm³/mol. The Balaban J connectivity index is 1.68. The van der Waals surface area contributed by atoms with Crippen LogP contribution in [0.5, 0.6) is 5.75 Å². The van der Waals surface area contributed by atoms with E-state index in [0.29, 0.717) is 23.0 Å². The van der Waals surface area contributed by atoms with Gasteiger partial charge in [0, 0.05) is 0 Å². The predicted octanol–water partition coefficient (Wildman–Crippen LogP) is 4.84. The fraction of sp³-hybridized carbons (Fsp3) is 0.167. The topological polar surface area (TPSA) is 76.6 Å². The molecule has 0 aliphatic heterocycles. The lowest BCUT2D eigenvalue weighted by Crippen LogP contribution is -2.35. The Morgan fingerprint density at radius 2 is 1.79 bits per heavy atom. The van der Waals surface area contributed by atoms with Crippen LogP contribution in [-0.2, 0) is 21.2 Å². The summed E-state index contributed by atoms with van der Waals surface area (Å²) in [6.45, 7) is 2.58. The number of fused-ring (bicyclic) bond motifs is 1. The normalized spacial score (nSPS) is 11.5. The molecule has 33 heavy (non-hydrogen) atoms. The molecule has 0 atom stereocenters.